The predicted molar refractivity (Wildman–Crippen MR) is 103 cm³/mol. The van der Waals surface area contributed by atoms with Crippen molar-refractivity contribution in [3.8, 4) is 5.75 Å². The largest absolute Gasteiger partial charge is 0.489 e. The van der Waals surface area contributed by atoms with Gasteiger partial charge in [0.15, 0.2) is 5.82 Å². The van der Waals surface area contributed by atoms with Crippen molar-refractivity contribution in [3.05, 3.63) is 46.1 Å². The van der Waals surface area contributed by atoms with Crippen molar-refractivity contribution in [3.63, 3.8) is 0 Å². The van der Waals surface area contributed by atoms with Crippen LogP contribution in [0.25, 0.3) is 6.08 Å². The molecule has 3 heterocycles. The van der Waals surface area contributed by atoms with Gasteiger partial charge in [0.1, 0.15) is 12.4 Å². The molecule has 2 aliphatic heterocycles. The van der Waals surface area contributed by atoms with Gasteiger partial charge in [0, 0.05) is 37.2 Å². The molecule has 0 radical (unpaired) electrons. The standard InChI is InChI=1S/C20H24ClN3O3/c1-25-8-6-19-22-20(27-23-19)15-3-2-7-24(12-15)11-14-9-16-10-17(21)4-5-18(16)26-13-14/h4-5,9-10,15H,2-3,6-8,11-13H2,1H3. The summed E-state index contributed by atoms with van der Waals surface area (Å²) in [5, 5.41) is 4.80. The van der Waals surface area contributed by atoms with Crippen molar-refractivity contribution < 1.29 is 14.0 Å². The van der Waals surface area contributed by atoms with Crippen LogP contribution >= 0.6 is 11.6 Å². The molecule has 6 nitrogen and oxygen atoms in total. The Morgan fingerprint density at radius 1 is 1.37 bits per heavy atom. The van der Waals surface area contributed by atoms with Gasteiger partial charge in [-0.15, -0.1) is 0 Å². The van der Waals surface area contributed by atoms with Gasteiger partial charge in [-0.2, -0.15) is 4.98 Å². The number of rotatable bonds is 6. The van der Waals surface area contributed by atoms with Gasteiger partial charge in [0.05, 0.1) is 12.5 Å². The molecule has 2 aromatic rings. The molecule has 1 aromatic heterocycles. The van der Waals surface area contributed by atoms with E-state index in [1.807, 2.05) is 18.2 Å². The lowest BCUT2D eigenvalue weighted by atomic mass is 9.97. The van der Waals surface area contributed by atoms with E-state index in [2.05, 4.69) is 21.1 Å². The van der Waals surface area contributed by atoms with Crippen LogP contribution in [-0.4, -0.2) is 55.0 Å². The zero-order valence-corrected chi connectivity index (χ0v) is 16.2. The molecule has 0 N–H and O–H groups in total. The van der Waals surface area contributed by atoms with E-state index in [0.717, 1.165) is 60.5 Å². The molecule has 1 saturated heterocycles. The summed E-state index contributed by atoms with van der Waals surface area (Å²) < 4.78 is 16.5. The third-order valence-corrected chi connectivity index (χ3v) is 5.27. The lowest BCUT2D eigenvalue weighted by Gasteiger charge is -2.32. The third kappa shape index (κ3) is 4.51. The number of piperidine rings is 1. The molecule has 1 atom stereocenters. The summed E-state index contributed by atoms with van der Waals surface area (Å²) >= 11 is 6.11. The van der Waals surface area contributed by atoms with Crippen molar-refractivity contribution >= 4 is 17.7 Å². The van der Waals surface area contributed by atoms with Gasteiger partial charge < -0.3 is 14.0 Å². The molecule has 27 heavy (non-hydrogen) atoms. The highest BCUT2D eigenvalue weighted by Gasteiger charge is 2.27. The zero-order valence-electron chi connectivity index (χ0n) is 15.5. The number of halogens is 1. The minimum absolute atomic E-state index is 0.286. The second-order valence-corrected chi connectivity index (χ2v) is 7.58. The quantitative estimate of drug-likeness (QED) is 0.752. The fourth-order valence-corrected chi connectivity index (χ4v) is 3.88. The van der Waals surface area contributed by atoms with E-state index >= 15 is 0 Å². The van der Waals surface area contributed by atoms with Crippen LogP contribution in [0.15, 0.2) is 28.3 Å². The van der Waals surface area contributed by atoms with Crippen molar-refractivity contribution in [1.29, 1.82) is 0 Å². The Balaban J connectivity index is 1.39. The van der Waals surface area contributed by atoms with Crippen LogP contribution in [0.5, 0.6) is 5.75 Å². The highest BCUT2D eigenvalue weighted by molar-refractivity contribution is 6.30. The molecule has 4 rings (SSSR count). The summed E-state index contributed by atoms with van der Waals surface area (Å²) in [5.41, 5.74) is 2.31. The number of hydrogen-bond acceptors (Lipinski definition) is 6. The second-order valence-electron chi connectivity index (χ2n) is 7.14. The summed E-state index contributed by atoms with van der Waals surface area (Å²) in [6.07, 6.45) is 5.08. The van der Waals surface area contributed by atoms with Gasteiger partial charge in [0.2, 0.25) is 5.89 Å². The Kier molecular flexibility index (Phi) is 5.76. The number of methoxy groups -OCH3 is 1. The van der Waals surface area contributed by atoms with Crippen LogP contribution in [0.3, 0.4) is 0 Å². The summed E-state index contributed by atoms with van der Waals surface area (Å²) in [5.74, 6) is 2.65. The van der Waals surface area contributed by atoms with Crippen LogP contribution in [-0.2, 0) is 11.2 Å². The van der Waals surface area contributed by atoms with Crippen LogP contribution in [0, 0.1) is 0 Å². The molecule has 144 valence electrons. The van der Waals surface area contributed by atoms with Crippen molar-refractivity contribution in [2.75, 3.05) is 40.0 Å². The molecule has 2 aliphatic rings. The van der Waals surface area contributed by atoms with Crippen molar-refractivity contribution in [1.82, 2.24) is 15.0 Å². The Labute approximate surface area is 164 Å². The van der Waals surface area contributed by atoms with E-state index in [1.54, 1.807) is 7.11 Å². The summed E-state index contributed by atoms with van der Waals surface area (Å²) in [7, 11) is 1.68. The maximum atomic E-state index is 6.11. The normalized spacial score (nSPS) is 20.1. The maximum Gasteiger partial charge on any atom is 0.231 e. The molecular weight excluding hydrogens is 366 g/mol. The molecule has 1 aromatic carbocycles. The zero-order chi connectivity index (χ0) is 18.6. The van der Waals surface area contributed by atoms with E-state index < -0.39 is 0 Å². The molecule has 7 heteroatoms. The Hall–Kier alpha value is -1.89. The average Bonchev–Trinajstić information content (AvgIpc) is 3.15. The van der Waals surface area contributed by atoms with Gasteiger partial charge >= 0.3 is 0 Å². The van der Waals surface area contributed by atoms with Gasteiger partial charge in [-0.1, -0.05) is 16.8 Å². The number of likely N-dealkylation sites (tertiary alicyclic amines) is 1. The van der Waals surface area contributed by atoms with E-state index in [-0.39, 0.29) is 5.92 Å². The molecule has 1 unspecified atom stereocenters. The Morgan fingerprint density at radius 2 is 2.30 bits per heavy atom. The smallest absolute Gasteiger partial charge is 0.231 e. The van der Waals surface area contributed by atoms with Crippen molar-refractivity contribution in [2.45, 2.75) is 25.2 Å². The van der Waals surface area contributed by atoms with E-state index in [1.165, 1.54) is 5.57 Å². The highest BCUT2D eigenvalue weighted by atomic mass is 35.5. The number of benzene rings is 1. The molecule has 0 spiro atoms. The fraction of sp³-hybridized carbons (Fsp3) is 0.500. The van der Waals surface area contributed by atoms with Crippen molar-refractivity contribution in [2.24, 2.45) is 0 Å². The highest BCUT2D eigenvalue weighted by Crippen LogP contribution is 2.31. The SMILES string of the molecule is COCCc1noc(C2CCCN(CC3=Cc4cc(Cl)ccc4OC3)C2)n1. The molecule has 0 saturated carbocycles. The van der Waals surface area contributed by atoms with E-state index in [0.29, 0.717) is 19.6 Å². The lowest BCUT2D eigenvalue weighted by molar-refractivity contribution is 0.192. The van der Waals surface area contributed by atoms with Gasteiger partial charge in [-0.3, -0.25) is 4.90 Å². The Bertz CT molecular complexity index is 821. The summed E-state index contributed by atoms with van der Waals surface area (Å²) in [6.45, 7) is 4.10. The maximum absolute atomic E-state index is 6.11. The number of aromatic nitrogens is 2. The van der Waals surface area contributed by atoms with Crippen LogP contribution in [0.1, 0.15) is 36.0 Å². The van der Waals surface area contributed by atoms with Crippen LogP contribution in [0.2, 0.25) is 5.02 Å². The molecule has 0 bridgehead atoms. The first kappa shape index (κ1) is 18.5. The fourth-order valence-electron chi connectivity index (χ4n) is 3.70. The summed E-state index contributed by atoms with van der Waals surface area (Å²) in [4.78, 5) is 7.00. The second kappa shape index (κ2) is 8.42. The van der Waals surface area contributed by atoms with Gasteiger partial charge in [-0.25, -0.2) is 0 Å². The Morgan fingerprint density at radius 3 is 3.19 bits per heavy atom. The minimum Gasteiger partial charge on any atom is -0.489 e. The predicted octanol–water partition coefficient (Wildman–Crippen LogP) is 3.57. The monoisotopic (exact) mass is 389 g/mol. The molecule has 1 fully saturated rings. The number of hydrogen-bond donors (Lipinski definition) is 0. The van der Waals surface area contributed by atoms with E-state index in [4.69, 9.17) is 25.6 Å². The topological polar surface area (TPSA) is 60.6 Å². The molecule has 0 amide bonds. The van der Waals surface area contributed by atoms with Crippen LogP contribution in [0.4, 0.5) is 0 Å². The van der Waals surface area contributed by atoms with Gasteiger partial charge in [-0.05, 0) is 49.2 Å². The molecular formula is C20H24ClN3O3. The number of nitrogens with zero attached hydrogens (tertiary/aromatic N) is 3. The minimum atomic E-state index is 0.286. The summed E-state index contributed by atoms with van der Waals surface area (Å²) in [6, 6.07) is 5.74. The van der Waals surface area contributed by atoms with E-state index in [9.17, 15) is 0 Å². The average molecular weight is 390 g/mol. The first-order valence-corrected chi connectivity index (χ1v) is 9.74. The number of ether oxygens (including phenoxy) is 2. The van der Waals surface area contributed by atoms with Crippen LogP contribution < -0.4 is 4.74 Å². The first-order chi connectivity index (χ1) is 13.2. The third-order valence-electron chi connectivity index (χ3n) is 5.04. The molecule has 0 aliphatic carbocycles. The first-order valence-electron chi connectivity index (χ1n) is 9.37. The number of fused-ring (bicyclic) bond motifs is 1. The lowest BCUT2D eigenvalue weighted by Crippen LogP contribution is -2.36. The van der Waals surface area contributed by atoms with Gasteiger partial charge in [0.25, 0.3) is 0 Å².